The second kappa shape index (κ2) is 8.56. The number of thiazole rings is 1. The molecule has 2 aromatic heterocycles. The summed E-state index contributed by atoms with van der Waals surface area (Å²) >= 11 is 1.42. The van der Waals surface area contributed by atoms with E-state index in [1.165, 1.54) is 17.4 Å². The molecule has 0 aliphatic rings. The zero-order valence-electron chi connectivity index (χ0n) is 16.6. The second-order valence-electron chi connectivity index (χ2n) is 6.87. The Bertz CT molecular complexity index is 1050. The van der Waals surface area contributed by atoms with Crippen LogP contribution in [-0.4, -0.2) is 15.3 Å². The molecule has 7 heteroatoms. The first kappa shape index (κ1) is 20.1. The third-order valence-electron chi connectivity index (χ3n) is 4.75. The van der Waals surface area contributed by atoms with E-state index in [4.69, 9.17) is 4.74 Å². The minimum atomic E-state index is -0.117. The van der Waals surface area contributed by atoms with Crippen molar-refractivity contribution >= 4 is 27.9 Å². The van der Waals surface area contributed by atoms with E-state index in [1.54, 1.807) is 4.40 Å². The maximum absolute atomic E-state index is 12.5. The minimum absolute atomic E-state index is 0.00713. The quantitative estimate of drug-likeness (QED) is 0.642. The number of carbonyl (C=O) groups excluding carboxylic acids is 1. The largest absolute Gasteiger partial charge is 0.485 e. The molecule has 0 spiro atoms. The Morgan fingerprint density at radius 2 is 2.00 bits per heavy atom. The molecule has 0 radical (unpaired) electrons. The number of anilines is 1. The topological polar surface area (TPSA) is 72.7 Å². The molecule has 0 fully saturated rings. The summed E-state index contributed by atoms with van der Waals surface area (Å²) in [4.78, 5) is 29.9. The lowest BCUT2D eigenvalue weighted by atomic mass is 10.0. The number of carbonyl (C=O) groups is 1. The number of aryl methyl sites for hydroxylation is 2. The van der Waals surface area contributed by atoms with Gasteiger partial charge in [0.1, 0.15) is 12.4 Å². The van der Waals surface area contributed by atoms with E-state index in [0.717, 1.165) is 24.1 Å². The van der Waals surface area contributed by atoms with Crippen molar-refractivity contribution in [3.63, 3.8) is 0 Å². The molecule has 3 aromatic rings. The molecule has 1 amide bonds. The average Bonchev–Trinajstić information content (AvgIpc) is 3.03. The van der Waals surface area contributed by atoms with E-state index in [0.29, 0.717) is 22.1 Å². The van der Waals surface area contributed by atoms with Gasteiger partial charge in [0.2, 0.25) is 5.91 Å². The van der Waals surface area contributed by atoms with Crippen LogP contribution < -0.4 is 15.6 Å². The number of fused-ring (bicyclic) bond motifs is 1. The van der Waals surface area contributed by atoms with E-state index in [1.807, 2.05) is 51.3 Å². The molecule has 0 saturated heterocycles. The van der Waals surface area contributed by atoms with Crippen LogP contribution >= 0.6 is 11.3 Å². The first-order valence-corrected chi connectivity index (χ1v) is 10.3. The molecule has 0 unspecified atom stereocenters. The molecular formula is C21H25N3O3S. The van der Waals surface area contributed by atoms with E-state index in [9.17, 15) is 9.59 Å². The fraction of sp³-hybridized carbons (Fsp3) is 0.381. The van der Waals surface area contributed by atoms with Gasteiger partial charge < -0.3 is 10.1 Å². The predicted molar refractivity (Wildman–Crippen MR) is 112 cm³/mol. The Balaban J connectivity index is 1.81. The van der Waals surface area contributed by atoms with E-state index >= 15 is 0 Å². The van der Waals surface area contributed by atoms with Crippen LogP contribution in [0.4, 0.5) is 5.69 Å². The fourth-order valence-electron chi connectivity index (χ4n) is 3.09. The molecule has 0 aliphatic carbocycles. The van der Waals surface area contributed by atoms with Crippen LogP contribution in [-0.2, 0) is 11.4 Å². The average molecular weight is 400 g/mol. The molecule has 6 nitrogen and oxygen atoms in total. The number of rotatable bonds is 7. The molecule has 3 rings (SSSR count). The smallest absolute Gasteiger partial charge is 0.259 e. The maximum atomic E-state index is 12.5. The summed E-state index contributed by atoms with van der Waals surface area (Å²) in [5, 5.41) is 4.89. The van der Waals surface area contributed by atoms with Crippen molar-refractivity contribution in [1.82, 2.24) is 9.38 Å². The standard InChI is InChI=1S/C21H25N3O3S/c1-5-15(6-2)20(26)23-17-9-13(3)7-8-18(17)27-11-16-10-19(25)24-14(4)12-28-21(24)22-16/h7-10,12,15H,5-6,11H2,1-4H3,(H,23,26). The number of ether oxygens (including phenoxy) is 1. The molecule has 0 aliphatic heterocycles. The number of aromatic nitrogens is 2. The van der Waals surface area contributed by atoms with Gasteiger partial charge in [0.15, 0.2) is 4.96 Å². The SMILES string of the molecule is CCC(CC)C(=O)Nc1cc(C)ccc1OCc1cc(=O)n2c(C)csc2n1. The van der Waals surface area contributed by atoms with Gasteiger partial charge in [-0.3, -0.25) is 14.0 Å². The first-order valence-electron chi connectivity index (χ1n) is 9.44. The summed E-state index contributed by atoms with van der Waals surface area (Å²) in [6.07, 6.45) is 1.58. The highest BCUT2D eigenvalue weighted by Gasteiger charge is 2.16. The Hall–Kier alpha value is -2.67. The Labute approximate surface area is 168 Å². The van der Waals surface area contributed by atoms with E-state index in [2.05, 4.69) is 10.3 Å². The Morgan fingerprint density at radius 1 is 1.25 bits per heavy atom. The van der Waals surface area contributed by atoms with Crippen molar-refractivity contribution in [2.75, 3.05) is 5.32 Å². The lowest BCUT2D eigenvalue weighted by Crippen LogP contribution is -2.22. The van der Waals surface area contributed by atoms with Crippen molar-refractivity contribution < 1.29 is 9.53 Å². The van der Waals surface area contributed by atoms with Crippen LogP contribution in [0.25, 0.3) is 4.96 Å². The van der Waals surface area contributed by atoms with Crippen molar-refractivity contribution in [2.45, 2.75) is 47.1 Å². The van der Waals surface area contributed by atoms with Crippen molar-refractivity contribution in [3.8, 4) is 5.75 Å². The van der Waals surface area contributed by atoms with Gasteiger partial charge in [-0.05, 0) is 44.4 Å². The monoisotopic (exact) mass is 399 g/mol. The van der Waals surface area contributed by atoms with Crippen molar-refractivity contribution in [3.05, 3.63) is 57.0 Å². The first-order chi connectivity index (χ1) is 13.4. The molecule has 1 N–H and O–H groups in total. The second-order valence-corrected chi connectivity index (χ2v) is 7.71. The lowest BCUT2D eigenvalue weighted by molar-refractivity contribution is -0.120. The van der Waals surface area contributed by atoms with Gasteiger partial charge in [0, 0.05) is 23.1 Å². The van der Waals surface area contributed by atoms with E-state index in [-0.39, 0.29) is 24.0 Å². The van der Waals surface area contributed by atoms with Gasteiger partial charge >= 0.3 is 0 Å². The van der Waals surface area contributed by atoms with Gasteiger partial charge in [0.05, 0.1) is 11.4 Å². The normalized spacial score (nSPS) is 11.2. The lowest BCUT2D eigenvalue weighted by Gasteiger charge is -2.16. The highest BCUT2D eigenvalue weighted by Crippen LogP contribution is 2.27. The number of benzene rings is 1. The summed E-state index contributed by atoms with van der Waals surface area (Å²) in [6, 6.07) is 7.14. The van der Waals surface area contributed by atoms with Crippen molar-refractivity contribution in [2.24, 2.45) is 5.92 Å². The summed E-state index contributed by atoms with van der Waals surface area (Å²) in [5.41, 5.74) is 2.98. The summed E-state index contributed by atoms with van der Waals surface area (Å²) in [5.74, 6) is 0.529. The number of hydrogen-bond acceptors (Lipinski definition) is 5. The van der Waals surface area contributed by atoms with Gasteiger partial charge in [-0.2, -0.15) is 0 Å². The molecule has 0 bridgehead atoms. The van der Waals surface area contributed by atoms with Crippen LogP contribution in [0, 0.1) is 19.8 Å². The van der Waals surface area contributed by atoms with Gasteiger partial charge in [0.25, 0.3) is 5.56 Å². The molecule has 1 aromatic carbocycles. The third kappa shape index (κ3) is 4.25. The number of amides is 1. The zero-order valence-corrected chi connectivity index (χ0v) is 17.4. The number of hydrogen-bond donors (Lipinski definition) is 1. The van der Waals surface area contributed by atoms with Crippen LogP contribution in [0.15, 0.2) is 34.4 Å². The van der Waals surface area contributed by atoms with Crippen molar-refractivity contribution in [1.29, 1.82) is 0 Å². The Kier molecular flexibility index (Phi) is 6.14. The van der Waals surface area contributed by atoms with Crippen LogP contribution in [0.1, 0.15) is 43.6 Å². The summed E-state index contributed by atoms with van der Waals surface area (Å²) in [7, 11) is 0. The zero-order chi connectivity index (χ0) is 20.3. The van der Waals surface area contributed by atoms with Gasteiger partial charge in [-0.1, -0.05) is 19.9 Å². The van der Waals surface area contributed by atoms with Crippen LogP contribution in [0.2, 0.25) is 0 Å². The highest BCUT2D eigenvalue weighted by atomic mass is 32.1. The Morgan fingerprint density at radius 3 is 2.71 bits per heavy atom. The van der Waals surface area contributed by atoms with E-state index < -0.39 is 0 Å². The maximum Gasteiger partial charge on any atom is 0.259 e. The minimum Gasteiger partial charge on any atom is -0.485 e. The molecule has 0 atom stereocenters. The molecule has 2 heterocycles. The molecule has 148 valence electrons. The summed E-state index contributed by atoms with van der Waals surface area (Å²) < 4.78 is 7.50. The molecule has 28 heavy (non-hydrogen) atoms. The van der Waals surface area contributed by atoms with Gasteiger partial charge in [-0.15, -0.1) is 11.3 Å². The van der Waals surface area contributed by atoms with Crippen LogP contribution in [0.5, 0.6) is 5.75 Å². The number of nitrogens with zero attached hydrogens (tertiary/aromatic N) is 2. The third-order valence-corrected chi connectivity index (χ3v) is 5.70. The molecular weight excluding hydrogens is 374 g/mol. The molecule has 0 saturated carbocycles. The highest BCUT2D eigenvalue weighted by molar-refractivity contribution is 7.15. The predicted octanol–water partition coefficient (Wildman–Crippen LogP) is 4.33. The fourth-order valence-corrected chi connectivity index (χ4v) is 3.98. The number of nitrogens with one attached hydrogen (secondary N) is 1. The van der Waals surface area contributed by atoms with Gasteiger partial charge in [-0.25, -0.2) is 4.98 Å². The summed E-state index contributed by atoms with van der Waals surface area (Å²) in [6.45, 7) is 8.01. The van der Waals surface area contributed by atoms with Crippen LogP contribution in [0.3, 0.4) is 0 Å².